The molecule has 0 spiro atoms. The Balaban J connectivity index is 2.00. The van der Waals surface area contributed by atoms with Gasteiger partial charge in [-0.1, -0.05) is 21.1 Å². The van der Waals surface area contributed by atoms with Crippen molar-refractivity contribution < 1.29 is 4.52 Å². The molecule has 2 heterocycles. The molecule has 108 valence electrons. The van der Waals surface area contributed by atoms with Crippen LogP contribution in [0.1, 0.15) is 30.0 Å². The lowest BCUT2D eigenvalue weighted by atomic mass is 10.1. The van der Waals surface area contributed by atoms with Gasteiger partial charge in [0, 0.05) is 27.3 Å². The predicted molar refractivity (Wildman–Crippen MR) is 87.5 cm³/mol. The monoisotopic (exact) mass is 345 g/mol. The van der Waals surface area contributed by atoms with Gasteiger partial charge in [-0.3, -0.25) is 4.98 Å². The Hall–Kier alpha value is -1.88. The van der Waals surface area contributed by atoms with E-state index in [1.54, 1.807) is 0 Å². The molecule has 4 nitrogen and oxygen atoms in total. The van der Waals surface area contributed by atoms with Crippen molar-refractivity contribution in [2.75, 3.05) is 5.32 Å². The number of halogens is 1. The Kier molecular flexibility index (Phi) is 3.68. The minimum atomic E-state index is 0.112. The Labute approximate surface area is 131 Å². The number of benzene rings is 1. The first-order chi connectivity index (χ1) is 10.1. The maximum Gasteiger partial charge on any atom is 0.139 e. The van der Waals surface area contributed by atoms with E-state index in [0.29, 0.717) is 0 Å². The van der Waals surface area contributed by atoms with Gasteiger partial charge in [0.2, 0.25) is 0 Å². The van der Waals surface area contributed by atoms with Crippen molar-refractivity contribution >= 4 is 32.5 Å². The minimum absolute atomic E-state index is 0.112. The van der Waals surface area contributed by atoms with Crippen LogP contribution in [0.25, 0.3) is 10.9 Å². The topological polar surface area (TPSA) is 51.0 Å². The lowest BCUT2D eigenvalue weighted by Gasteiger charge is -2.16. The van der Waals surface area contributed by atoms with Gasteiger partial charge >= 0.3 is 0 Å². The summed E-state index contributed by atoms with van der Waals surface area (Å²) in [6.45, 7) is 6.01. The largest absolute Gasteiger partial charge is 0.378 e. The van der Waals surface area contributed by atoms with Crippen LogP contribution in [0.5, 0.6) is 0 Å². The van der Waals surface area contributed by atoms with Crippen LogP contribution in [0, 0.1) is 13.8 Å². The smallest absolute Gasteiger partial charge is 0.139 e. The van der Waals surface area contributed by atoms with Gasteiger partial charge in [-0.05, 0) is 45.0 Å². The van der Waals surface area contributed by atoms with Gasteiger partial charge in [0.15, 0.2) is 0 Å². The second kappa shape index (κ2) is 5.48. The molecule has 21 heavy (non-hydrogen) atoms. The molecule has 0 bridgehead atoms. The molecule has 0 saturated heterocycles. The van der Waals surface area contributed by atoms with Crippen LogP contribution in [0.3, 0.4) is 0 Å². The Bertz CT molecular complexity index is 778. The zero-order valence-electron chi connectivity index (χ0n) is 12.1. The summed E-state index contributed by atoms with van der Waals surface area (Å²) >= 11 is 3.51. The fourth-order valence-electron chi connectivity index (χ4n) is 2.66. The highest BCUT2D eigenvalue weighted by Crippen LogP contribution is 2.30. The number of aryl methyl sites for hydroxylation is 2. The van der Waals surface area contributed by atoms with E-state index in [2.05, 4.69) is 44.4 Å². The summed E-state index contributed by atoms with van der Waals surface area (Å²) in [5, 5.41) is 8.64. The van der Waals surface area contributed by atoms with E-state index in [-0.39, 0.29) is 6.04 Å². The highest BCUT2D eigenvalue weighted by molar-refractivity contribution is 9.10. The van der Waals surface area contributed by atoms with Gasteiger partial charge in [0.25, 0.3) is 0 Å². The first kappa shape index (κ1) is 14.1. The molecule has 1 N–H and O–H groups in total. The standard InChI is InChI=1S/C16H16BrN3O/c1-9(16-10(2)20-21-11(16)3)19-15-6-7-18-14-5-4-12(17)8-13(14)15/h4-9H,1-3H3,(H,18,19). The number of anilines is 1. The van der Waals surface area contributed by atoms with E-state index < -0.39 is 0 Å². The van der Waals surface area contributed by atoms with Crippen LogP contribution in [0.4, 0.5) is 5.69 Å². The van der Waals surface area contributed by atoms with Gasteiger partial charge in [0.1, 0.15) is 5.76 Å². The third-order valence-electron chi connectivity index (χ3n) is 3.60. The van der Waals surface area contributed by atoms with Crippen LogP contribution in [0.2, 0.25) is 0 Å². The molecule has 3 aromatic rings. The highest BCUT2D eigenvalue weighted by atomic mass is 79.9. The average molecular weight is 346 g/mol. The molecular weight excluding hydrogens is 330 g/mol. The summed E-state index contributed by atoms with van der Waals surface area (Å²) in [5.41, 5.74) is 4.05. The van der Waals surface area contributed by atoms with Crippen LogP contribution in [-0.2, 0) is 0 Å². The summed E-state index contributed by atoms with van der Waals surface area (Å²) in [4.78, 5) is 4.40. The second-order valence-electron chi connectivity index (χ2n) is 5.12. The normalized spacial score (nSPS) is 12.6. The fraction of sp³-hybridized carbons (Fsp3) is 0.250. The maximum atomic E-state index is 5.25. The maximum absolute atomic E-state index is 5.25. The quantitative estimate of drug-likeness (QED) is 0.742. The molecule has 5 heteroatoms. The van der Waals surface area contributed by atoms with Crippen LogP contribution < -0.4 is 5.32 Å². The van der Waals surface area contributed by atoms with Crippen LogP contribution in [0.15, 0.2) is 39.5 Å². The van der Waals surface area contributed by atoms with E-state index in [1.807, 2.05) is 38.2 Å². The van der Waals surface area contributed by atoms with Crippen molar-refractivity contribution in [2.45, 2.75) is 26.8 Å². The molecule has 0 aliphatic rings. The highest BCUT2D eigenvalue weighted by Gasteiger charge is 2.17. The van der Waals surface area contributed by atoms with E-state index in [4.69, 9.17) is 4.52 Å². The van der Waals surface area contributed by atoms with E-state index in [1.165, 1.54) is 0 Å². The predicted octanol–water partition coefficient (Wildman–Crippen LogP) is 4.78. The van der Waals surface area contributed by atoms with Gasteiger partial charge in [-0.15, -0.1) is 0 Å². The fourth-order valence-corrected chi connectivity index (χ4v) is 3.02. The van der Waals surface area contributed by atoms with Crippen molar-refractivity contribution in [3.63, 3.8) is 0 Å². The number of hydrogen-bond acceptors (Lipinski definition) is 4. The number of rotatable bonds is 3. The molecule has 0 fully saturated rings. The molecule has 1 atom stereocenters. The molecule has 0 aliphatic carbocycles. The van der Waals surface area contributed by atoms with E-state index >= 15 is 0 Å². The zero-order valence-corrected chi connectivity index (χ0v) is 13.7. The number of pyridine rings is 1. The van der Waals surface area contributed by atoms with Crippen LogP contribution >= 0.6 is 15.9 Å². The van der Waals surface area contributed by atoms with Crippen molar-refractivity contribution in [1.82, 2.24) is 10.1 Å². The molecular formula is C16H16BrN3O. The second-order valence-corrected chi connectivity index (χ2v) is 6.04. The molecule has 0 saturated carbocycles. The van der Waals surface area contributed by atoms with Crippen molar-refractivity contribution in [3.05, 3.63) is 52.0 Å². The lowest BCUT2D eigenvalue weighted by molar-refractivity contribution is 0.392. The molecule has 1 aromatic carbocycles. The van der Waals surface area contributed by atoms with Gasteiger partial charge in [-0.2, -0.15) is 0 Å². The molecule has 3 rings (SSSR count). The summed E-state index contributed by atoms with van der Waals surface area (Å²) in [5.74, 6) is 0.854. The number of aromatic nitrogens is 2. The molecule has 0 aliphatic heterocycles. The van der Waals surface area contributed by atoms with Gasteiger partial charge in [-0.25, -0.2) is 0 Å². The summed E-state index contributed by atoms with van der Waals surface area (Å²) in [7, 11) is 0. The SMILES string of the molecule is Cc1noc(C)c1C(C)Nc1ccnc2ccc(Br)cc12. The van der Waals surface area contributed by atoms with E-state index in [0.717, 1.165) is 38.1 Å². The molecule has 2 aromatic heterocycles. The Morgan fingerprint density at radius 1 is 1.24 bits per heavy atom. The number of hydrogen-bond donors (Lipinski definition) is 1. The molecule has 1 unspecified atom stereocenters. The van der Waals surface area contributed by atoms with Crippen molar-refractivity contribution in [2.24, 2.45) is 0 Å². The van der Waals surface area contributed by atoms with Crippen molar-refractivity contribution in [3.8, 4) is 0 Å². The first-order valence-electron chi connectivity index (χ1n) is 6.80. The third kappa shape index (κ3) is 2.65. The average Bonchev–Trinajstić information content (AvgIpc) is 2.79. The van der Waals surface area contributed by atoms with Gasteiger partial charge < -0.3 is 9.84 Å². The zero-order chi connectivity index (χ0) is 15.0. The van der Waals surface area contributed by atoms with Crippen molar-refractivity contribution in [1.29, 1.82) is 0 Å². The number of fused-ring (bicyclic) bond motifs is 1. The third-order valence-corrected chi connectivity index (χ3v) is 4.09. The Morgan fingerprint density at radius 2 is 2.05 bits per heavy atom. The van der Waals surface area contributed by atoms with Gasteiger partial charge in [0.05, 0.1) is 17.3 Å². The summed E-state index contributed by atoms with van der Waals surface area (Å²) in [6, 6.07) is 8.18. The Morgan fingerprint density at radius 3 is 2.76 bits per heavy atom. The first-order valence-corrected chi connectivity index (χ1v) is 7.59. The minimum Gasteiger partial charge on any atom is -0.378 e. The number of nitrogens with one attached hydrogen (secondary N) is 1. The molecule has 0 amide bonds. The number of nitrogens with zero attached hydrogens (tertiary/aromatic N) is 2. The molecule has 0 radical (unpaired) electrons. The summed E-state index contributed by atoms with van der Waals surface area (Å²) < 4.78 is 6.29. The van der Waals surface area contributed by atoms with Crippen LogP contribution in [-0.4, -0.2) is 10.1 Å². The lowest BCUT2D eigenvalue weighted by Crippen LogP contribution is -2.08. The van der Waals surface area contributed by atoms with E-state index in [9.17, 15) is 0 Å². The summed E-state index contributed by atoms with van der Waals surface area (Å²) in [6.07, 6.45) is 1.82.